The lowest BCUT2D eigenvalue weighted by Crippen LogP contribution is -2.17. The van der Waals surface area contributed by atoms with Crippen LogP contribution in [0.2, 0.25) is 0 Å². The number of nitrogens with one attached hydrogen (secondary N) is 1. The molecule has 0 aliphatic rings. The van der Waals surface area contributed by atoms with Gasteiger partial charge in [0.2, 0.25) is 0 Å². The normalized spacial score (nSPS) is 10.8. The molecular weight excluding hydrogens is 322 g/mol. The number of nitrogens with zero attached hydrogens (tertiary/aromatic N) is 2. The van der Waals surface area contributed by atoms with Gasteiger partial charge in [0, 0.05) is 28.8 Å². The van der Waals surface area contributed by atoms with E-state index in [9.17, 15) is 4.79 Å². The zero-order valence-corrected chi connectivity index (χ0v) is 14.7. The Morgan fingerprint density at radius 1 is 0.923 bits per heavy atom. The fourth-order valence-corrected chi connectivity index (χ4v) is 3.16. The Hall–Kier alpha value is -3.40. The van der Waals surface area contributed by atoms with Crippen molar-refractivity contribution in [2.75, 3.05) is 5.32 Å². The van der Waals surface area contributed by atoms with Crippen molar-refractivity contribution in [2.24, 2.45) is 0 Å². The average molecular weight is 341 g/mol. The molecule has 2 heterocycles. The average Bonchev–Trinajstić information content (AvgIpc) is 2.67. The van der Waals surface area contributed by atoms with Crippen molar-refractivity contribution in [3.63, 3.8) is 0 Å². The summed E-state index contributed by atoms with van der Waals surface area (Å²) in [6, 6.07) is 21.9. The van der Waals surface area contributed by atoms with Gasteiger partial charge in [0.05, 0.1) is 10.9 Å². The Morgan fingerprint density at radius 2 is 1.58 bits per heavy atom. The van der Waals surface area contributed by atoms with Crippen LogP contribution in [-0.2, 0) is 0 Å². The van der Waals surface area contributed by atoms with Gasteiger partial charge in [-0.15, -0.1) is 0 Å². The Bertz CT molecular complexity index is 1130. The van der Waals surface area contributed by atoms with Gasteiger partial charge >= 0.3 is 0 Å². The standard InChI is InChI=1S/C22H19N3O/c1-15-13-20-19(14-23-15)21(26)16(2)22(24-17-9-5-3-6-10-17)25(20)18-11-7-4-8-12-18/h3-14,24H,1-2H3. The van der Waals surface area contributed by atoms with Crippen LogP contribution in [0, 0.1) is 13.8 Å². The number of aryl methyl sites for hydroxylation is 1. The van der Waals surface area contributed by atoms with Crippen LogP contribution in [0.5, 0.6) is 0 Å². The van der Waals surface area contributed by atoms with Crippen molar-refractivity contribution in [3.05, 3.63) is 94.4 Å². The predicted molar refractivity (Wildman–Crippen MR) is 107 cm³/mol. The lowest BCUT2D eigenvalue weighted by molar-refractivity contribution is 1.07. The smallest absolute Gasteiger partial charge is 0.196 e. The molecule has 0 unspecified atom stereocenters. The van der Waals surface area contributed by atoms with Gasteiger partial charge in [-0.2, -0.15) is 0 Å². The van der Waals surface area contributed by atoms with Crippen LogP contribution in [0.25, 0.3) is 16.6 Å². The fourth-order valence-electron chi connectivity index (χ4n) is 3.16. The van der Waals surface area contributed by atoms with E-state index in [2.05, 4.69) is 14.9 Å². The summed E-state index contributed by atoms with van der Waals surface area (Å²) in [6.45, 7) is 3.79. The van der Waals surface area contributed by atoms with Crippen LogP contribution in [0.4, 0.5) is 11.5 Å². The van der Waals surface area contributed by atoms with Crippen molar-refractivity contribution in [2.45, 2.75) is 13.8 Å². The van der Waals surface area contributed by atoms with Crippen LogP contribution in [-0.4, -0.2) is 9.55 Å². The molecule has 4 nitrogen and oxygen atoms in total. The third kappa shape index (κ3) is 2.75. The summed E-state index contributed by atoms with van der Waals surface area (Å²) in [4.78, 5) is 17.3. The van der Waals surface area contributed by atoms with Crippen molar-refractivity contribution < 1.29 is 0 Å². The third-order valence-electron chi connectivity index (χ3n) is 4.47. The summed E-state index contributed by atoms with van der Waals surface area (Å²) < 4.78 is 2.09. The Kier molecular flexibility index (Phi) is 4.01. The predicted octanol–water partition coefficient (Wildman–Crippen LogP) is 4.75. The molecule has 0 spiro atoms. The van der Waals surface area contributed by atoms with E-state index in [1.165, 1.54) is 0 Å². The van der Waals surface area contributed by atoms with Gasteiger partial charge in [-0.25, -0.2) is 0 Å². The SMILES string of the molecule is Cc1cc2c(cn1)c(=O)c(C)c(Nc1ccccc1)n2-c1ccccc1. The molecular formula is C22H19N3O. The molecule has 1 N–H and O–H groups in total. The number of hydrogen-bond acceptors (Lipinski definition) is 3. The van der Waals surface area contributed by atoms with Gasteiger partial charge in [0.25, 0.3) is 0 Å². The molecule has 0 saturated heterocycles. The number of rotatable bonds is 3. The van der Waals surface area contributed by atoms with Crippen LogP contribution < -0.4 is 10.7 Å². The molecule has 128 valence electrons. The highest BCUT2D eigenvalue weighted by Crippen LogP contribution is 2.27. The molecule has 0 aliphatic carbocycles. The second-order valence-corrected chi connectivity index (χ2v) is 6.31. The van der Waals surface area contributed by atoms with Crippen molar-refractivity contribution >= 4 is 22.4 Å². The van der Waals surface area contributed by atoms with E-state index in [1.54, 1.807) is 6.20 Å². The van der Waals surface area contributed by atoms with E-state index in [0.29, 0.717) is 10.9 Å². The molecule has 0 amide bonds. The molecule has 26 heavy (non-hydrogen) atoms. The number of benzene rings is 2. The highest BCUT2D eigenvalue weighted by atomic mass is 16.1. The maximum absolute atomic E-state index is 12.9. The zero-order chi connectivity index (χ0) is 18.1. The third-order valence-corrected chi connectivity index (χ3v) is 4.47. The van der Waals surface area contributed by atoms with Crippen molar-refractivity contribution in [3.8, 4) is 5.69 Å². The minimum atomic E-state index is -0.00175. The first-order valence-electron chi connectivity index (χ1n) is 8.54. The van der Waals surface area contributed by atoms with Crippen LogP contribution >= 0.6 is 0 Å². The second-order valence-electron chi connectivity index (χ2n) is 6.31. The zero-order valence-electron chi connectivity index (χ0n) is 14.7. The lowest BCUT2D eigenvalue weighted by atomic mass is 10.1. The minimum Gasteiger partial charge on any atom is -0.341 e. The fraction of sp³-hybridized carbons (Fsp3) is 0.0909. The maximum Gasteiger partial charge on any atom is 0.196 e. The van der Waals surface area contributed by atoms with E-state index in [4.69, 9.17) is 0 Å². The largest absolute Gasteiger partial charge is 0.341 e. The number of anilines is 2. The number of hydrogen-bond donors (Lipinski definition) is 1. The van der Waals surface area contributed by atoms with Crippen LogP contribution in [0.15, 0.2) is 77.7 Å². The first-order chi connectivity index (χ1) is 12.6. The second kappa shape index (κ2) is 6.48. The molecule has 2 aromatic heterocycles. The van der Waals surface area contributed by atoms with Crippen molar-refractivity contribution in [1.29, 1.82) is 0 Å². The Labute approximate surface area is 151 Å². The molecule has 0 aliphatic heterocycles. The lowest BCUT2D eigenvalue weighted by Gasteiger charge is -2.20. The number of fused-ring (bicyclic) bond motifs is 1. The van der Waals surface area contributed by atoms with Crippen LogP contribution in [0.1, 0.15) is 11.3 Å². The monoisotopic (exact) mass is 341 g/mol. The number of para-hydroxylation sites is 2. The molecule has 4 rings (SSSR count). The van der Waals surface area contributed by atoms with E-state index >= 15 is 0 Å². The minimum absolute atomic E-state index is 0.00175. The van der Waals surface area contributed by atoms with Gasteiger partial charge in [-0.05, 0) is 44.2 Å². The molecule has 4 heteroatoms. The summed E-state index contributed by atoms with van der Waals surface area (Å²) >= 11 is 0. The quantitative estimate of drug-likeness (QED) is 0.585. The molecule has 0 bridgehead atoms. The van der Waals surface area contributed by atoms with E-state index in [0.717, 1.165) is 28.4 Å². The van der Waals surface area contributed by atoms with E-state index in [-0.39, 0.29) is 5.43 Å². The Balaban J connectivity index is 2.09. The van der Waals surface area contributed by atoms with E-state index in [1.807, 2.05) is 80.6 Å². The summed E-state index contributed by atoms with van der Waals surface area (Å²) in [5.41, 5.74) is 4.30. The van der Waals surface area contributed by atoms with Gasteiger partial charge in [-0.1, -0.05) is 36.4 Å². The molecule has 4 aromatic rings. The van der Waals surface area contributed by atoms with Crippen molar-refractivity contribution in [1.82, 2.24) is 9.55 Å². The summed E-state index contributed by atoms with van der Waals surface area (Å²) in [6.07, 6.45) is 1.67. The number of aromatic nitrogens is 2. The molecule has 0 fully saturated rings. The molecule has 0 radical (unpaired) electrons. The van der Waals surface area contributed by atoms with Crippen LogP contribution in [0.3, 0.4) is 0 Å². The van der Waals surface area contributed by atoms with Gasteiger partial charge < -0.3 is 5.32 Å². The van der Waals surface area contributed by atoms with Gasteiger partial charge in [0.15, 0.2) is 5.43 Å². The molecule has 2 aromatic carbocycles. The highest BCUT2D eigenvalue weighted by Gasteiger charge is 2.16. The maximum atomic E-state index is 12.9. The van der Waals surface area contributed by atoms with E-state index < -0.39 is 0 Å². The first-order valence-corrected chi connectivity index (χ1v) is 8.54. The molecule has 0 atom stereocenters. The number of pyridine rings is 2. The first kappa shape index (κ1) is 16.1. The topological polar surface area (TPSA) is 46.9 Å². The van der Waals surface area contributed by atoms with Gasteiger partial charge in [0.1, 0.15) is 5.82 Å². The summed E-state index contributed by atoms with van der Waals surface area (Å²) in [5.74, 6) is 0.769. The van der Waals surface area contributed by atoms with Gasteiger partial charge in [-0.3, -0.25) is 14.3 Å². The molecule has 0 saturated carbocycles. The Morgan fingerprint density at radius 3 is 2.27 bits per heavy atom. The summed E-state index contributed by atoms with van der Waals surface area (Å²) in [5, 5.41) is 4.06. The highest BCUT2D eigenvalue weighted by molar-refractivity contribution is 5.85. The summed E-state index contributed by atoms with van der Waals surface area (Å²) in [7, 11) is 0.